The topological polar surface area (TPSA) is 158 Å². The predicted octanol–water partition coefficient (Wildman–Crippen LogP) is -5.76. The van der Waals surface area contributed by atoms with Crippen molar-refractivity contribution in [3.63, 3.8) is 0 Å². The van der Waals surface area contributed by atoms with Crippen LogP contribution < -0.4 is 34.9 Å². The van der Waals surface area contributed by atoms with Crippen LogP contribution in [0, 0.1) is 11.8 Å². The molecule has 0 aromatic heterocycles. The number of aliphatic hydroxyl groups excluding tert-OH is 1. The lowest BCUT2D eigenvalue weighted by Gasteiger charge is -2.55. The average molecular weight is 697 g/mol. The number of carboxylic acid groups (broad SMARTS) is 1. The molecule has 0 radical (unpaired) electrons. The van der Waals surface area contributed by atoms with E-state index in [9.17, 15) is 33.0 Å². The highest BCUT2D eigenvalue weighted by Crippen LogP contribution is 2.50. The summed E-state index contributed by atoms with van der Waals surface area (Å²) in [5, 5.41) is 21.8. The largest absolute Gasteiger partial charge is 1.00 e. The number of nitrogens with two attached hydrogens (primary N) is 1. The van der Waals surface area contributed by atoms with Crippen LogP contribution >= 0.6 is 0 Å². The van der Waals surface area contributed by atoms with Gasteiger partial charge in [-0.3, -0.25) is 13.9 Å². The number of piperazine rings is 3. The van der Waals surface area contributed by atoms with Crippen LogP contribution in [-0.2, 0) is 30.8 Å². The van der Waals surface area contributed by atoms with Crippen LogP contribution in [0.15, 0.2) is 46.5 Å². The highest BCUT2D eigenvalue weighted by molar-refractivity contribution is 7.93. The maximum atomic E-state index is 14.4. The summed E-state index contributed by atoms with van der Waals surface area (Å²) in [4.78, 5) is 38.5. The van der Waals surface area contributed by atoms with Gasteiger partial charge in [-0.05, 0) is 29.5 Å². The number of halogens is 2. The predicted molar refractivity (Wildman–Crippen MR) is 160 cm³/mol. The number of sulfonamides is 1. The Morgan fingerprint density at radius 1 is 1.04 bits per heavy atom. The summed E-state index contributed by atoms with van der Waals surface area (Å²) in [6.07, 6.45) is -0.371. The minimum Gasteiger partial charge on any atom is -1.00 e. The third-order valence-electron chi connectivity index (χ3n) is 11.2. The van der Waals surface area contributed by atoms with Crippen LogP contribution in [0.2, 0.25) is 0 Å². The Kier molecular flexibility index (Phi) is 8.70. The number of anilines is 1. The average Bonchev–Trinajstić information content (AvgIpc) is 3.35. The molecule has 4 N–H and O–H groups in total. The van der Waals surface area contributed by atoms with E-state index in [0.717, 1.165) is 65.7 Å². The van der Waals surface area contributed by atoms with Gasteiger partial charge in [-0.15, -0.1) is 0 Å². The lowest BCUT2D eigenvalue weighted by atomic mass is 9.78. The lowest BCUT2D eigenvalue weighted by molar-refractivity contribution is -1.08. The molecule has 0 saturated carbocycles. The fourth-order valence-corrected chi connectivity index (χ4v) is 10.6. The molecule has 2 aromatic rings. The van der Waals surface area contributed by atoms with Gasteiger partial charge >= 0.3 is 5.97 Å². The number of aliphatic hydroxyl groups is 1. The van der Waals surface area contributed by atoms with Gasteiger partial charge in [0.25, 0.3) is 15.9 Å². The molecular formula is C31H39Cl2N5O7S. The molecule has 6 heterocycles. The fraction of sp³-hybridized carbons (Fsp3) is 0.516. The number of β-lactam (4-membered cyclic amide) rings is 1. The van der Waals surface area contributed by atoms with Crippen molar-refractivity contribution >= 4 is 44.3 Å². The van der Waals surface area contributed by atoms with Crippen molar-refractivity contribution in [3.05, 3.63) is 47.2 Å². The zero-order valence-corrected chi connectivity index (χ0v) is 28.1. The molecule has 6 aliphatic heterocycles. The summed E-state index contributed by atoms with van der Waals surface area (Å²) in [7, 11) is -4.05. The van der Waals surface area contributed by atoms with Crippen molar-refractivity contribution in [3.8, 4) is 0 Å². The van der Waals surface area contributed by atoms with Crippen molar-refractivity contribution in [2.24, 2.45) is 17.6 Å². The first-order valence-electron chi connectivity index (χ1n) is 15.3. The van der Waals surface area contributed by atoms with E-state index in [-0.39, 0.29) is 47.9 Å². The van der Waals surface area contributed by atoms with E-state index >= 15 is 0 Å². The summed E-state index contributed by atoms with van der Waals surface area (Å²) in [6, 6.07) is 8.78. The zero-order chi connectivity index (χ0) is 31.3. The second kappa shape index (κ2) is 11.6. The summed E-state index contributed by atoms with van der Waals surface area (Å²) in [6.45, 7) is 9.73. The molecule has 0 spiro atoms. The number of benzene rings is 2. The maximum Gasteiger partial charge on any atom is 0.352 e. The van der Waals surface area contributed by atoms with Gasteiger partial charge in [0.05, 0.1) is 36.8 Å². The van der Waals surface area contributed by atoms with E-state index in [1.807, 2.05) is 18.2 Å². The number of carboxylic acids is 1. The first-order valence-corrected chi connectivity index (χ1v) is 16.8. The molecule has 4 atom stereocenters. The number of primary amides is 1. The third-order valence-corrected chi connectivity index (χ3v) is 13.1. The number of fused-ring (bicyclic) bond motifs is 4. The molecular weight excluding hydrogens is 657 g/mol. The monoisotopic (exact) mass is 695 g/mol. The smallest absolute Gasteiger partial charge is 0.352 e. The van der Waals surface area contributed by atoms with E-state index in [0.29, 0.717) is 29.6 Å². The van der Waals surface area contributed by atoms with Gasteiger partial charge in [0.15, 0.2) is 6.54 Å². The van der Waals surface area contributed by atoms with Crippen LogP contribution in [0.5, 0.6) is 0 Å². The van der Waals surface area contributed by atoms with Crippen LogP contribution in [0.1, 0.15) is 19.4 Å². The number of nitrogens with zero attached hydrogens (tertiary/aromatic N) is 4. The minimum atomic E-state index is -4.05. The van der Waals surface area contributed by atoms with Crippen molar-refractivity contribution in [1.82, 2.24) is 4.90 Å². The van der Waals surface area contributed by atoms with Crippen molar-refractivity contribution in [1.29, 1.82) is 0 Å². The molecule has 0 unspecified atom stereocenters. The van der Waals surface area contributed by atoms with E-state index in [2.05, 4.69) is 0 Å². The molecule has 2 amide bonds. The summed E-state index contributed by atoms with van der Waals surface area (Å²) >= 11 is 0. The number of aliphatic carboxylic acids is 1. The molecule has 250 valence electrons. The number of hydrogen-bond donors (Lipinski definition) is 3. The Bertz CT molecular complexity index is 1760. The van der Waals surface area contributed by atoms with Crippen LogP contribution in [0.3, 0.4) is 0 Å². The van der Waals surface area contributed by atoms with E-state index in [1.165, 1.54) is 16.1 Å². The quantitative estimate of drug-likeness (QED) is 0.174. The second-order valence-corrected chi connectivity index (χ2v) is 15.3. The molecule has 2 aromatic carbocycles. The van der Waals surface area contributed by atoms with Crippen molar-refractivity contribution in [2.45, 2.75) is 37.3 Å². The lowest BCUT2D eigenvalue weighted by Crippen LogP contribution is -3.00. The molecule has 2 bridgehead atoms. The first kappa shape index (κ1) is 34.4. The Hall–Kier alpha value is -2.94. The molecule has 15 heteroatoms. The van der Waals surface area contributed by atoms with Gasteiger partial charge < -0.3 is 54.6 Å². The van der Waals surface area contributed by atoms with Crippen LogP contribution in [-0.4, -0.2) is 121 Å². The molecule has 0 aliphatic carbocycles. The standard InChI is InChI=1S/C31H37N5O7S.2ClH/c1-18-22(28(31(40)41)34-27(18)25(19(2)37)30(34)39)16-33-23-5-3-4-20-6-7-21(29(26(20)23)44(33,42)43)8-9-35-10-13-36(14-11-35,15-12-35)17-24(32)38;;/h3-7,18-19,25,27,37H,8-17H2,1-2H3,(H-2,32,38,40,41);2*1H/t18-,19+,25+,27+,35?,36?;;/m0../s1. The highest BCUT2D eigenvalue weighted by Gasteiger charge is 2.60. The second-order valence-electron chi connectivity index (χ2n) is 13.5. The van der Waals surface area contributed by atoms with Crippen LogP contribution in [0.25, 0.3) is 10.8 Å². The molecule has 8 rings (SSSR count). The third kappa shape index (κ3) is 4.89. The Labute approximate surface area is 280 Å². The fourth-order valence-electron chi connectivity index (χ4n) is 8.69. The minimum absolute atomic E-state index is 0. The summed E-state index contributed by atoms with van der Waals surface area (Å²) in [5.41, 5.74) is 6.97. The SMILES string of the molecule is C[C@@H](O)[C@H]1C(=O)N2C(C(=O)O)=C(CN3c4cccc5ccc(CC[N+]67CC[N+](CC(N)=O)(CC6)CC7)c(c45)S3(=O)=O)[C@H](C)[C@H]12.[Cl-].[Cl-]. The van der Waals surface area contributed by atoms with E-state index in [4.69, 9.17) is 5.73 Å². The van der Waals surface area contributed by atoms with E-state index in [1.54, 1.807) is 19.1 Å². The van der Waals surface area contributed by atoms with Crippen LogP contribution in [0.4, 0.5) is 5.69 Å². The summed E-state index contributed by atoms with van der Waals surface area (Å²) in [5.74, 6) is -3.17. The Morgan fingerprint density at radius 3 is 2.26 bits per heavy atom. The van der Waals surface area contributed by atoms with Crippen molar-refractivity contribution in [2.75, 3.05) is 63.2 Å². The Morgan fingerprint density at radius 2 is 1.67 bits per heavy atom. The van der Waals surface area contributed by atoms with E-state index < -0.39 is 45.9 Å². The van der Waals surface area contributed by atoms with Gasteiger partial charge in [-0.2, -0.15) is 0 Å². The number of carbonyl (C=O) groups is 3. The molecule has 4 saturated heterocycles. The number of rotatable bonds is 9. The van der Waals surface area contributed by atoms with Crippen molar-refractivity contribution < 1.29 is 66.8 Å². The number of amides is 2. The Balaban J connectivity index is 0.00000208. The molecule has 6 aliphatic rings. The molecule has 4 fully saturated rings. The van der Waals surface area contributed by atoms with Gasteiger partial charge in [-0.25, -0.2) is 13.2 Å². The van der Waals surface area contributed by atoms with Gasteiger partial charge in [0.1, 0.15) is 49.9 Å². The maximum absolute atomic E-state index is 14.4. The van der Waals surface area contributed by atoms with Gasteiger partial charge in [0.2, 0.25) is 5.91 Å². The molecule has 46 heavy (non-hydrogen) atoms. The number of quaternary nitrogens is 2. The van der Waals surface area contributed by atoms with Gasteiger partial charge in [0, 0.05) is 17.7 Å². The first-order chi connectivity index (χ1) is 20.8. The number of hydrogen-bond acceptors (Lipinski definition) is 6. The zero-order valence-electron chi connectivity index (χ0n) is 25.7. The highest BCUT2D eigenvalue weighted by atomic mass is 35.5. The summed E-state index contributed by atoms with van der Waals surface area (Å²) < 4.78 is 31.8. The van der Waals surface area contributed by atoms with Gasteiger partial charge in [-0.1, -0.05) is 31.2 Å². The molecule has 12 nitrogen and oxygen atoms in total. The normalized spacial score (nSPS) is 30.8. The number of carbonyl (C=O) groups excluding carboxylic acids is 2.